The fourth-order valence-corrected chi connectivity index (χ4v) is 2.43. The van der Waals surface area contributed by atoms with Gasteiger partial charge in [-0.3, -0.25) is 14.3 Å². The topological polar surface area (TPSA) is 88.2 Å². The number of furan rings is 1. The molecule has 2 N–H and O–H groups in total. The molecule has 3 rings (SSSR count). The van der Waals surface area contributed by atoms with Crippen molar-refractivity contribution in [3.63, 3.8) is 0 Å². The number of aromatic amines is 1. The van der Waals surface area contributed by atoms with E-state index in [1.165, 1.54) is 17.0 Å². The second-order valence-corrected chi connectivity index (χ2v) is 4.82. The number of hydrogen-bond acceptors (Lipinski definition) is 4. The molecular formula is C14H14N2O4. The van der Waals surface area contributed by atoms with Crippen LogP contribution in [0.15, 0.2) is 50.8 Å². The Morgan fingerprint density at radius 3 is 2.90 bits per heavy atom. The Balaban J connectivity index is 2.05. The van der Waals surface area contributed by atoms with Crippen molar-refractivity contribution in [3.05, 3.63) is 57.6 Å². The van der Waals surface area contributed by atoms with Gasteiger partial charge in [0.1, 0.15) is 5.76 Å². The van der Waals surface area contributed by atoms with Crippen LogP contribution in [0.2, 0.25) is 0 Å². The van der Waals surface area contributed by atoms with Crippen molar-refractivity contribution in [3.8, 4) is 11.3 Å². The molecule has 0 bridgehead atoms. The Morgan fingerprint density at radius 1 is 1.40 bits per heavy atom. The van der Waals surface area contributed by atoms with Crippen LogP contribution in [0, 0.1) is 5.92 Å². The lowest BCUT2D eigenvalue weighted by Crippen LogP contribution is -2.32. The molecule has 1 aliphatic carbocycles. The molecule has 6 nitrogen and oxygen atoms in total. The Morgan fingerprint density at radius 2 is 2.25 bits per heavy atom. The highest BCUT2D eigenvalue weighted by Gasteiger charge is 2.21. The number of allylic oxidation sites excluding steroid dienone is 1. The maximum Gasteiger partial charge on any atom is 0.328 e. The number of aliphatic hydroxyl groups excluding tert-OH is 1. The van der Waals surface area contributed by atoms with E-state index >= 15 is 0 Å². The van der Waals surface area contributed by atoms with E-state index in [1.807, 2.05) is 12.2 Å². The summed E-state index contributed by atoms with van der Waals surface area (Å²) < 4.78 is 6.67. The summed E-state index contributed by atoms with van der Waals surface area (Å²) in [7, 11) is 0. The van der Waals surface area contributed by atoms with Crippen LogP contribution in [0.1, 0.15) is 12.5 Å². The smallest absolute Gasteiger partial charge is 0.328 e. The van der Waals surface area contributed by atoms with Crippen LogP contribution in [-0.4, -0.2) is 21.3 Å². The molecule has 0 radical (unpaired) electrons. The van der Waals surface area contributed by atoms with Gasteiger partial charge in [-0.25, -0.2) is 4.79 Å². The van der Waals surface area contributed by atoms with Crippen LogP contribution >= 0.6 is 0 Å². The van der Waals surface area contributed by atoms with Crippen molar-refractivity contribution in [2.45, 2.75) is 12.5 Å². The van der Waals surface area contributed by atoms with Gasteiger partial charge in [0.25, 0.3) is 5.56 Å². The van der Waals surface area contributed by atoms with Crippen molar-refractivity contribution >= 4 is 0 Å². The molecule has 0 fully saturated rings. The Labute approximate surface area is 114 Å². The lowest BCUT2D eigenvalue weighted by atomic mass is 10.1. The van der Waals surface area contributed by atoms with Crippen molar-refractivity contribution < 1.29 is 9.52 Å². The Bertz CT molecular complexity index is 739. The maximum atomic E-state index is 11.9. The highest BCUT2D eigenvalue weighted by Crippen LogP contribution is 2.26. The average Bonchev–Trinajstić information content (AvgIpc) is 3.09. The van der Waals surface area contributed by atoms with Gasteiger partial charge >= 0.3 is 5.69 Å². The summed E-state index contributed by atoms with van der Waals surface area (Å²) in [5, 5.41) is 9.14. The highest BCUT2D eigenvalue weighted by molar-refractivity contribution is 5.54. The lowest BCUT2D eigenvalue weighted by Gasteiger charge is -2.14. The first-order chi connectivity index (χ1) is 9.69. The van der Waals surface area contributed by atoms with E-state index in [1.54, 1.807) is 12.1 Å². The quantitative estimate of drug-likeness (QED) is 0.814. The standard InChI is InChI=1S/C14H14N2O4/c17-8-9-3-4-10(6-9)16-7-11(12-2-1-5-20-12)13(18)15-14(16)19/h1-5,7,9-10,17H,6,8H2,(H,15,18,19)/t9-,10+/m1/s1. The summed E-state index contributed by atoms with van der Waals surface area (Å²) in [6.07, 6.45) is 7.37. The molecule has 0 saturated carbocycles. The number of H-pyrrole nitrogens is 1. The van der Waals surface area contributed by atoms with Crippen LogP contribution in [-0.2, 0) is 0 Å². The third-order valence-corrected chi connectivity index (χ3v) is 3.50. The van der Waals surface area contributed by atoms with E-state index in [0.717, 1.165) is 0 Å². The summed E-state index contributed by atoms with van der Waals surface area (Å²) in [6, 6.07) is 3.19. The van der Waals surface area contributed by atoms with E-state index in [0.29, 0.717) is 17.7 Å². The number of rotatable bonds is 3. The summed E-state index contributed by atoms with van der Waals surface area (Å²) in [6.45, 7) is 0.0517. The molecule has 104 valence electrons. The molecule has 2 atom stereocenters. The minimum Gasteiger partial charge on any atom is -0.464 e. The number of nitrogens with zero attached hydrogens (tertiary/aromatic N) is 1. The molecule has 0 unspecified atom stereocenters. The third kappa shape index (κ3) is 2.14. The van der Waals surface area contributed by atoms with E-state index < -0.39 is 11.2 Å². The van der Waals surface area contributed by atoms with Gasteiger partial charge in [0.05, 0.1) is 17.9 Å². The number of nitrogens with one attached hydrogen (secondary N) is 1. The fourth-order valence-electron chi connectivity index (χ4n) is 2.43. The second kappa shape index (κ2) is 4.97. The molecule has 2 heterocycles. The minimum absolute atomic E-state index is 0.0471. The molecule has 0 amide bonds. The van der Waals surface area contributed by atoms with Crippen molar-refractivity contribution in [1.82, 2.24) is 9.55 Å². The number of aliphatic hydroxyl groups is 1. The van der Waals surface area contributed by atoms with Gasteiger partial charge in [0.2, 0.25) is 0 Å². The molecule has 0 saturated heterocycles. The number of hydrogen-bond donors (Lipinski definition) is 2. The monoisotopic (exact) mass is 274 g/mol. The zero-order chi connectivity index (χ0) is 14.1. The molecule has 6 heteroatoms. The van der Waals surface area contributed by atoms with Gasteiger partial charge in [-0.05, 0) is 18.6 Å². The van der Waals surface area contributed by atoms with Gasteiger partial charge in [-0.2, -0.15) is 0 Å². The van der Waals surface area contributed by atoms with Crippen LogP contribution in [0.5, 0.6) is 0 Å². The Kier molecular flexibility index (Phi) is 3.15. The molecule has 0 aromatic carbocycles. The molecule has 20 heavy (non-hydrogen) atoms. The lowest BCUT2D eigenvalue weighted by molar-refractivity contribution is 0.243. The van der Waals surface area contributed by atoms with Gasteiger partial charge in [-0.15, -0.1) is 0 Å². The van der Waals surface area contributed by atoms with Crippen LogP contribution in [0.3, 0.4) is 0 Å². The van der Waals surface area contributed by atoms with Crippen molar-refractivity contribution in [2.75, 3.05) is 6.61 Å². The van der Waals surface area contributed by atoms with Crippen LogP contribution < -0.4 is 11.2 Å². The fraction of sp³-hybridized carbons (Fsp3) is 0.286. The normalized spacial score (nSPS) is 21.4. The largest absolute Gasteiger partial charge is 0.464 e. The first-order valence-electron chi connectivity index (χ1n) is 6.37. The van der Waals surface area contributed by atoms with Gasteiger partial charge in [-0.1, -0.05) is 12.2 Å². The van der Waals surface area contributed by atoms with Gasteiger partial charge in [0.15, 0.2) is 0 Å². The first-order valence-corrected chi connectivity index (χ1v) is 6.37. The highest BCUT2D eigenvalue weighted by atomic mass is 16.3. The van der Waals surface area contributed by atoms with Gasteiger partial charge < -0.3 is 9.52 Å². The molecule has 0 spiro atoms. The number of aromatic nitrogens is 2. The predicted molar refractivity (Wildman–Crippen MR) is 72.4 cm³/mol. The minimum atomic E-state index is -0.470. The molecule has 1 aliphatic rings. The zero-order valence-electron chi connectivity index (χ0n) is 10.7. The molecular weight excluding hydrogens is 260 g/mol. The second-order valence-electron chi connectivity index (χ2n) is 4.82. The summed E-state index contributed by atoms with van der Waals surface area (Å²) >= 11 is 0. The van der Waals surface area contributed by atoms with Crippen LogP contribution in [0.4, 0.5) is 0 Å². The van der Waals surface area contributed by atoms with Crippen molar-refractivity contribution in [1.29, 1.82) is 0 Å². The van der Waals surface area contributed by atoms with E-state index in [2.05, 4.69) is 4.98 Å². The average molecular weight is 274 g/mol. The van der Waals surface area contributed by atoms with Crippen molar-refractivity contribution in [2.24, 2.45) is 5.92 Å². The summed E-state index contributed by atoms with van der Waals surface area (Å²) in [5.41, 5.74) is -0.615. The van der Waals surface area contributed by atoms with E-state index in [9.17, 15) is 9.59 Å². The summed E-state index contributed by atoms with van der Waals surface area (Å²) in [5.74, 6) is 0.464. The van der Waals surface area contributed by atoms with E-state index in [4.69, 9.17) is 9.52 Å². The zero-order valence-corrected chi connectivity index (χ0v) is 10.7. The maximum absolute atomic E-state index is 11.9. The third-order valence-electron chi connectivity index (χ3n) is 3.50. The molecule has 2 aromatic heterocycles. The van der Waals surface area contributed by atoms with Crippen LogP contribution in [0.25, 0.3) is 11.3 Å². The molecule has 2 aromatic rings. The summed E-state index contributed by atoms with van der Waals surface area (Å²) in [4.78, 5) is 26.1. The first kappa shape index (κ1) is 12.7. The molecule has 0 aliphatic heterocycles. The SMILES string of the molecule is O=c1[nH]c(=O)n([C@H]2C=C[C@@H](CO)C2)cc1-c1ccco1. The van der Waals surface area contributed by atoms with Gasteiger partial charge in [0, 0.05) is 18.7 Å². The predicted octanol–water partition coefficient (Wildman–Crippen LogP) is 0.906. The Hall–Kier alpha value is -2.34. The van der Waals surface area contributed by atoms with E-state index in [-0.39, 0.29) is 18.6 Å².